The number of carbonyl (C=O) groups excluding carboxylic acids is 1. The van der Waals surface area contributed by atoms with Crippen molar-refractivity contribution in [2.45, 2.75) is 58.9 Å². The molecule has 1 aliphatic carbocycles. The third kappa shape index (κ3) is 4.48. The summed E-state index contributed by atoms with van der Waals surface area (Å²) < 4.78 is 0. The Kier molecular flexibility index (Phi) is 5.26. The van der Waals surface area contributed by atoms with Crippen molar-refractivity contribution in [1.82, 2.24) is 10.2 Å². The molecule has 0 spiro atoms. The maximum Gasteiger partial charge on any atom is 0.222 e. The number of rotatable bonds is 4. The van der Waals surface area contributed by atoms with Crippen LogP contribution in [0.15, 0.2) is 0 Å². The molecule has 1 aliphatic heterocycles. The van der Waals surface area contributed by atoms with Crippen LogP contribution in [-0.4, -0.2) is 36.5 Å². The minimum absolute atomic E-state index is 0.0977. The molecule has 2 fully saturated rings. The van der Waals surface area contributed by atoms with Crippen LogP contribution in [0, 0.1) is 17.8 Å². The lowest BCUT2D eigenvalue weighted by Gasteiger charge is -2.38. The molecule has 1 N–H and O–H groups in total. The Morgan fingerprint density at radius 1 is 1.26 bits per heavy atom. The molecule has 0 aromatic rings. The van der Waals surface area contributed by atoms with Gasteiger partial charge in [0.1, 0.15) is 0 Å². The molecule has 110 valence electrons. The summed E-state index contributed by atoms with van der Waals surface area (Å²) in [4.78, 5) is 14.4. The van der Waals surface area contributed by atoms with Crippen LogP contribution in [0.2, 0.25) is 0 Å². The van der Waals surface area contributed by atoms with Gasteiger partial charge >= 0.3 is 0 Å². The van der Waals surface area contributed by atoms with Gasteiger partial charge in [0.2, 0.25) is 5.91 Å². The molecule has 1 saturated heterocycles. The van der Waals surface area contributed by atoms with E-state index in [0.29, 0.717) is 12.0 Å². The number of amides is 1. The standard InChI is InChI=1S/C16H30N2O/c1-12(2)16(19)17-15-8-13(3)9-18(11-15)10-14-6-4-5-7-14/h12-15H,4-11H2,1-3H3,(H,17,19). The van der Waals surface area contributed by atoms with E-state index in [1.165, 1.54) is 38.8 Å². The number of nitrogens with one attached hydrogen (secondary N) is 1. The average Bonchev–Trinajstić information content (AvgIpc) is 2.80. The Labute approximate surface area is 118 Å². The highest BCUT2D eigenvalue weighted by Gasteiger charge is 2.28. The molecule has 0 radical (unpaired) electrons. The second-order valence-electron chi connectivity index (χ2n) is 7.07. The van der Waals surface area contributed by atoms with Crippen molar-refractivity contribution in [3.63, 3.8) is 0 Å². The Bertz CT molecular complexity index is 297. The Morgan fingerprint density at radius 3 is 2.58 bits per heavy atom. The van der Waals surface area contributed by atoms with E-state index >= 15 is 0 Å². The summed E-state index contributed by atoms with van der Waals surface area (Å²) in [6.45, 7) is 9.77. The smallest absolute Gasteiger partial charge is 0.222 e. The Morgan fingerprint density at radius 2 is 1.95 bits per heavy atom. The van der Waals surface area contributed by atoms with Gasteiger partial charge in [0.25, 0.3) is 0 Å². The highest BCUT2D eigenvalue weighted by molar-refractivity contribution is 5.78. The summed E-state index contributed by atoms with van der Waals surface area (Å²) in [7, 11) is 0. The van der Waals surface area contributed by atoms with Crippen molar-refractivity contribution in [3.8, 4) is 0 Å². The fraction of sp³-hybridized carbons (Fsp3) is 0.938. The van der Waals surface area contributed by atoms with Gasteiger partial charge in [-0.15, -0.1) is 0 Å². The molecule has 3 heteroatoms. The molecule has 0 bridgehead atoms. The number of likely N-dealkylation sites (tertiary alicyclic amines) is 1. The summed E-state index contributed by atoms with van der Waals surface area (Å²) in [6, 6.07) is 0.361. The second kappa shape index (κ2) is 6.74. The predicted molar refractivity (Wildman–Crippen MR) is 78.9 cm³/mol. The van der Waals surface area contributed by atoms with E-state index in [1.54, 1.807) is 0 Å². The van der Waals surface area contributed by atoms with Crippen LogP contribution in [0.1, 0.15) is 52.9 Å². The van der Waals surface area contributed by atoms with Crippen LogP contribution in [0.4, 0.5) is 0 Å². The predicted octanol–water partition coefficient (Wildman–Crippen LogP) is 2.66. The van der Waals surface area contributed by atoms with E-state index in [1.807, 2.05) is 13.8 Å². The van der Waals surface area contributed by atoms with Gasteiger partial charge in [-0.25, -0.2) is 0 Å². The van der Waals surface area contributed by atoms with Crippen molar-refractivity contribution in [3.05, 3.63) is 0 Å². The molecule has 1 saturated carbocycles. The van der Waals surface area contributed by atoms with Crippen molar-refractivity contribution in [2.75, 3.05) is 19.6 Å². The molecule has 1 heterocycles. The molecule has 3 nitrogen and oxygen atoms in total. The zero-order valence-electron chi connectivity index (χ0n) is 12.8. The van der Waals surface area contributed by atoms with E-state index in [4.69, 9.17) is 0 Å². The SMILES string of the molecule is CC1CC(NC(=O)C(C)C)CN(CC2CCCC2)C1. The van der Waals surface area contributed by atoms with E-state index in [9.17, 15) is 4.79 Å². The Balaban J connectivity index is 1.82. The van der Waals surface area contributed by atoms with E-state index in [0.717, 1.165) is 18.9 Å². The maximum atomic E-state index is 11.8. The van der Waals surface area contributed by atoms with Gasteiger partial charge in [-0.3, -0.25) is 4.79 Å². The van der Waals surface area contributed by atoms with Crippen molar-refractivity contribution >= 4 is 5.91 Å². The first-order chi connectivity index (χ1) is 9.04. The van der Waals surface area contributed by atoms with Crippen molar-refractivity contribution in [2.24, 2.45) is 17.8 Å². The molecular weight excluding hydrogens is 236 g/mol. The quantitative estimate of drug-likeness (QED) is 0.848. The minimum atomic E-state index is 0.0977. The summed E-state index contributed by atoms with van der Waals surface area (Å²) in [5, 5.41) is 3.22. The molecule has 0 aromatic carbocycles. The van der Waals surface area contributed by atoms with E-state index in [2.05, 4.69) is 17.1 Å². The molecule has 2 atom stereocenters. The zero-order chi connectivity index (χ0) is 13.8. The average molecular weight is 266 g/mol. The molecule has 2 unspecified atom stereocenters. The third-order valence-corrected chi connectivity index (χ3v) is 4.60. The molecule has 19 heavy (non-hydrogen) atoms. The van der Waals surface area contributed by atoms with E-state index < -0.39 is 0 Å². The third-order valence-electron chi connectivity index (χ3n) is 4.60. The van der Waals surface area contributed by atoms with Crippen LogP contribution in [0.3, 0.4) is 0 Å². The van der Waals surface area contributed by atoms with Gasteiger partial charge in [-0.2, -0.15) is 0 Å². The number of piperidine rings is 1. The van der Waals surface area contributed by atoms with Crippen LogP contribution < -0.4 is 5.32 Å². The van der Waals surface area contributed by atoms with Gasteiger partial charge in [-0.1, -0.05) is 33.6 Å². The number of hydrogen-bond acceptors (Lipinski definition) is 2. The van der Waals surface area contributed by atoms with Gasteiger partial charge in [-0.05, 0) is 31.1 Å². The fourth-order valence-electron chi connectivity index (χ4n) is 3.64. The topological polar surface area (TPSA) is 32.3 Å². The minimum Gasteiger partial charge on any atom is -0.352 e. The van der Waals surface area contributed by atoms with Crippen LogP contribution in [-0.2, 0) is 4.79 Å². The summed E-state index contributed by atoms with van der Waals surface area (Å²) in [5.41, 5.74) is 0. The van der Waals surface area contributed by atoms with Gasteiger partial charge < -0.3 is 10.2 Å². The first-order valence-corrected chi connectivity index (χ1v) is 8.07. The maximum absolute atomic E-state index is 11.8. The highest BCUT2D eigenvalue weighted by atomic mass is 16.1. The highest BCUT2D eigenvalue weighted by Crippen LogP contribution is 2.27. The van der Waals surface area contributed by atoms with Gasteiger partial charge in [0.05, 0.1) is 0 Å². The normalized spacial score (nSPS) is 29.9. The lowest BCUT2D eigenvalue weighted by molar-refractivity contribution is -0.125. The summed E-state index contributed by atoms with van der Waals surface area (Å²) >= 11 is 0. The molecular formula is C16H30N2O. The van der Waals surface area contributed by atoms with E-state index in [-0.39, 0.29) is 11.8 Å². The second-order valence-corrected chi connectivity index (χ2v) is 7.07. The zero-order valence-corrected chi connectivity index (χ0v) is 12.8. The number of nitrogens with zero attached hydrogens (tertiary/aromatic N) is 1. The number of hydrogen-bond donors (Lipinski definition) is 1. The summed E-state index contributed by atoms with van der Waals surface area (Å²) in [5.74, 6) is 1.92. The lowest BCUT2D eigenvalue weighted by atomic mass is 9.94. The Hall–Kier alpha value is -0.570. The monoisotopic (exact) mass is 266 g/mol. The first kappa shape index (κ1) is 14.8. The largest absolute Gasteiger partial charge is 0.352 e. The van der Waals surface area contributed by atoms with Crippen LogP contribution in [0.25, 0.3) is 0 Å². The van der Waals surface area contributed by atoms with Gasteiger partial charge in [0.15, 0.2) is 0 Å². The fourth-order valence-corrected chi connectivity index (χ4v) is 3.64. The molecule has 0 aromatic heterocycles. The number of carbonyl (C=O) groups is 1. The lowest BCUT2D eigenvalue weighted by Crippen LogP contribution is -2.51. The van der Waals surface area contributed by atoms with Crippen LogP contribution >= 0.6 is 0 Å². The van der Waals surface area contributed by atoms with Crippen molar-refractivity contribution < 1.29 is 4.79 Å². The van der Waals surface area contributed by atoms with Crippen molar-refractivity contribution in [1.29, 1.82) is 0 Å². The molecule has 1 amide bonds. The van der Waals surface area contributed by atoms with Gasteiger partial charge in [0, 0.05) is 31.6 Å². The summed E-state index contributed by atoms with van der Waals surface area (Å²) in [6.07, 6.45) is 6.80. The van der Waals surface area contributed by atoms with Crippen LogP contribution in [0.5, 0.6) is 0 Å². The molecule has 2 aliphatic rings. The first-order valence-electron chi connectivity index (χ1n) is 8.07. The molecule has 2 rings (SSSR count).